The molecule has 1 atom stereocenters. The van der Waals surface area contributed by atoms with Gasteiger partial charge < -0.3 is 28.6 Å². The van der Waals surface area contributed by atoms with Gasteiger partial charge in [-0.15, -0.1) is 0 Å². The van der Waals surface area contributed by atoms with Crippen LogP contribution >= 0.6 is 0 Å². The second kappa shape index (κ2) is 10.6. The molecule has 0 spiro atoms. The second-order valence-corrected chi connectivity index (χ2v) is 8.88. The number of ether oxygens (including phenoxy) is 3. The molecule has 1 saturated carbocycles. The minimum absolute atomic E-state index is 0.0468. The first kappa shape index (κ1) is 23.6. The van der Waals surface area contributed by atoms with E-state index in [9.17, 15) is 9.59 Å². The van der Waals surface area contributed by atoms with Gasteiger partial charge in [-0.2, -0.15) is 0 Å². The lowest BCUT2D eigenvalue weighted by molar-refractivity contribution is -0.149. The van der Waals surface area contributed by atoms with E-state index in [-0.39, 0.29) is 18.5 Å². The quantitative estimate of drug-likeness (QED) is 0.540. The number of fused-ring (bicyclic) bond motifs is 1. The van der Waals surface area contributed by atoms with Crippen LogP contribution in [0.15, 0.2) is 24.4 Å². The number of nitrogens with zero attached hydrogens (tertiary/aromatic N) is 3. The number of benzene rings is 1. The molecule has 1 aliphatic heterocycles. The minimum Gasteiger partial charge on any atom is -0.453 e. The van der Waals surface area contributed by atoms with Crippen LogP contribution in [0.25, 0.3) is 10.9 Å². The molecule has 2 aliphatic rings. The first-order valence-electron chi connectivity index (χ1n) is 11.9. The Bertz CT molecular complexity index is 984. The average Bonchev–Trinajstić information content (AvgIpc) is 3.64. The van der Waals surface area contributed by atoms with Gasteiger partial charge in [0.2, 0.25) is 0 Å². The predicted octanol–water partition coefficient (Wildman–Crippen LogP) is 3.33. The van der Waals surface area contributed by atoms with Gasteiger partial charge in [0.1, 0.15) is 0 Å². The topological polar surface area (TPSA) is 73.2 Å². The van der Waals surface area contributed by atoms with E-state index < -0.39 is 12.2 Å². The fourth-order valence-electron chi connectivity index (χ4n) is 4.53. The first-order chi connectivity index (χ1) is 16.0. The smallest absolute Gasteiger partial charge is 0.409 e. The largest absolute Gasteiger partial charge is 0.453 e. The fraction of sp³-hybridized carbons (Fsp3) is 0.600. The molecular formula is C25H35N3O5. The van der Waals surface area contributed by atoms with Gasteiger partial charge in [-0.1, -0.05) is 12.1 Å². The molecule has 2 heterocycles. The van der Waals surface area contributed by atoms with Crippen LogP contribution in [-0.4, -0.2) is 78.5 Å². The third-order valence-corrected chi connectivity index (χ3v) is 6.44. The Morgan fingerprint density at radius 1 is 1.27 bits per heavy atom. The summed E-state index contributed by atoms with van der Waals surface area (Å²) < 4.78 is 18.4. The van der Waals surface area contributed by atoms with Crippen LogP contribution in [0.5, 0.6) is 0 Å². The summed E-state index contributed by atoms with van der Waals surface area (Å²) in [5.74, 6) is -0.0468. The second-order valence-electron chi connectivity index (χ2n) is 8.88. The Labute approximate surface area is 195 Å². The van der Waals surface area contributed by atoms with Gasteiger partial charge in [-0.05, 0) is 50.3 Å². The monoisotopic (exact) mass is 457 g/mol. The van der Waals surface area contributed by atoms with Crippen molar-refractivity contribution in [1.82, 2.24) is 14.4 Å². The van der Waals surface area contributed by atoms with E-state index in [4.69, 9.17) is 14.2 Å². The zero-order valence-corrected chi connectivity index (χ0v) is 19.9. The molecule has 1 unspecified atom stereocenters. The molecule has 1 aromatic carbocycles. The Hall–Kier alpha value is -2.58. The van der Waals surface area contributed by atoms with Crippen LogP contribution in [0.1, 0.15) is 37.3 Å². The van der Waals surface area contributed by atoms with Crippen molar-refractivity contribution < 1.29 is 23.8 Å². The molecule has 4 rings (SSSR count). The number of morpholine rings is 1. The van der Waals surface area contributed by atoms with Gasteiger partial charge in [0, 0.05) is 56.0 Å². The third-order valence-electron chi connectivity index (χ3n) is 6.44. The van der Waals surface area contributed by atoms with Crippen molar-refractivity contribution in [1.29, 1.82) is 0 Å². The van der Waals surface area contributed by atoms with E-state index in [0.29, 0.717) is 19.7 Å². The standard InChI is InChI=1S/C25H35N3O5/c1-4-32-12-5-10-26-15-18(2)21-9-6-19(14-22(21)26)16-28(20-7-8-20)24(29)23-17-27(11-13-33-23)25(30)31-3/h6,9,14-15,20,23H,4-5,7-8,10-13,16-17H2,1-3H3. The maximum absolute atomic E-state index is 13.4. The van der Waals surface area contributed by atoms with Gasteiger partial charge in [0.15, 0.2) is 6.10 Å². The maximum Gasteiger partial charge on any atom is 0.409 e. The van der Waals surface area contributed by atoms with E-state index >= 15 is 0 Å². The normalized spacial score (nSPS) is 18.5. The minimum atomic E-state index is -0.646. The summed E-state index contributed by atoms with van der Waals surface area (Å²) in [6, 6.07) is 6.72. The number of carbonyl (C=O) groups is 2. The Morgan fingerprint density at radius 3 is 2.82 bits per heavy atom. The SMILES string of the molecule is CCOCCCn1cc(C)c2ccc(CN(C(=O)C3CN(C(=O)OC)CCO3)C3CC3)cc21. The number of aryl methyl sites for hydroxylation is 2. The highest BCUT2D eigenvalue weighted by Crippen LogP contribution is 2.31. The summed E-state index contributed by atoms with van der Waals surface area (Å²) in [5, 5.41) is 1.24. The zero-order chi connectivity index (χ0) is 23.4. The van der Waals surface area contributed by atoms with Gasteiger partial charge >= 0.3 is 6.09 Å². The van der Waals surface area contributed by atoms with Crippen molar-refractivity contribution in [2.24, 2.45) is 0 Å². The lowest BCUT2D eigenvalue weighted by Crippen LogP contribution is -2.52. The summed E-state index contributed by atoms with van der Waals surface area (Å²) in [7, 11) is 1.36. The number of carbonyl (C=O) groups excluding carboxylic acids is 2. The molecule has 0 bridgehead atoms. The molecule has 1 saturated heterocycles. The van der Waals surface area contributed by atoms with Crippen molar-refractivity contribution >= 4 is 22.9 Å². The van der Waals surface area contributed by atoms with E-state index in [2.05, 4.69) is 35.9 Å². The molecule has 0 radical (unpaired) electrons. The van der Waals surface area contributed by atoms with Crippen LogP contribution in [0.2, 0.25) is 0 Å². The maximum atomic E-state index is 13.4. The van der Waals surface area contributed by atoms with Crippen molar-refractivity contribution in [3.8, 4) is 0 Å². The summed E-state index contributed by atoms with van der Waals surface area (Å²) in [6.45, 7) is 8.09. The van der Waals surface area contributed by atoms with Gasteiger partial charge in [0.05, 0.1) is 20.3 Å². The molecule has 2 fully saturated rings. The lowest BCUT2D eigenvalue weighted by Gasteiger charge is -2.34. The lowest BCUT2D eigenvalue weighted by atomic mass is 10.1. The summed E-state index contributed by atoms with van der Waals surface area (Å²) >= 11 is 0. The number of amides is 2. The predicted molar refractivity (Wildman–Crippen MR) is 125 cm³/mol. The Balaban J connectivity index is 1.49. The van der Waals surface area contributed by atoms with Crippen LogP contribution in [0, 0.1) is 6.92 Å². The summed E-state index contributed by atoms with van der Waals surface area (Å²) in [4.78, 5) is 28.8. The van der Waals surface area contributed by atoms with Gasteiger partial charge in [0.25, 0.3) is 5.91 Å². The highest BCUT2D eigenvalue weighted by molar-refractivity contribution is 5.85. The number of hydrogen-bond donors (Lipinski definition) is 0. The van der Waals surface area contributed by atoms with E-state index in [1.807, 2.05) is 11.8 Å². The first-order valence-corrected chi connectivity index (χ1v) is 11.9. The zero-order valence-electron chi connectivity index (χ0n) is 19.9. The molecule has 1 aromatic heterocycles. The molecular weight excluding hydrogens is 422 g/mol. The van der Waals surface area contributed by atoms with Crippen molar-refractivity contribution in [2.75, 3.05) is 40.0 Å². The molecule has 33 heavy (non-hydrogen) atoms. The number of methoxy groups -OCH3 is 1. The molecule has 2 amide bonds. The fourth-order valence-corrected chi connectivity index (χ4v) is 4.53. The molecule has 0 N–H and O–H groups in total. The Kier molecular flexibility index (Phi) is 7.55. The summed E-state index contributed by atoms with van der Waals surface area (Å²) in [5.41, 5.74) is 3.55. The van der Waals surface area contributed by atoms with Crippen LogP contribution in [0.3, 0.4) is 0 Å². The summed E-state index contributed by atoms with van der Waals surface area (Å²) in [6.07, 6.45) is 4.11. The molecule has 2 aromatic rings. The molecule has 1 aliphatic carbocycles. The highest BCUT2D eigenvalue weighted by Gasteiger charge is 2.39. The van der Waals surface area contributed by atoms with Crippen LogP contribution in [-0.2, 0) is 32.1 Å². The molecule has 8 heteroatoms. The van der Waals surface area contributed by atoms with Crippen LogP contribution in [0.4, 0.5) is 4.79 Å². The van der Waals surface area contributed by atoms with E-state index in [0.717, 1.165) is 44.6 Å². The van der Waals surface area contributed by atoms with Gasteiger partial charge in [-0.25, -0.2) is 4.79 Å². The van der Waals surface area contributed by atoms with Crippen molar-refractivity contribution in [3.05, 3.63) is 35.5 Å². The Morgan fingerprint density at radius 2 is 2.09 bits per heavy atom. The number of rotatable bonds is 9. The van der Waals surface area contributed by atoms with Crippen molar-refractivity contribution in [2.45, 2.75) is 58.3 Å². The van der Waals surface area contributed by atoms with Crippen LogP contribution < -0.4 is 0 Å². The number of hydrogen-bond acceptors (Lipinski definition) is 5. The number of aromatic nitrogens is 1. The highest BCUT2D eigenvalue weighted by atomic mass is 16.5. The van der Waals surface area contributed by atoms with E-state index in [1.54, 1.807) is 4.90 Å². The third kappa shape index (κ3) is 5.50. The van der Waals surface area contributed by atoms with Gasteiger partial charge in [-0.3, -0.25) is 4.79 Å². The molecule has 180 valence electrons. The van der Waals surface area contributed by atoms with E-state index in [1.165, 1.54) is 23.6 Å². The average molecular weight is 458 g/mol. The molecule has 8 nitrogen and oxygen atoms in total. The van der Waals surface area contributed by atoms with Crippen molar-refractivity contribution in [3.63, 3.8) is 0 Å².